The highest BCUT2D eigenvalue weighted by atomic mass is 16.4. The summed E-state index contributed by atoms with van der Waals surface area (Å²) >= 11 is 0. The highest BCUT2D eigenvalue weighted by Crippen LogP contribution is 2.46. The third kappa shape index (κ3) is 4.44. The smallest absolute Gasteiger partial charge is 0.322 e. The molecule has 2 saturated carbocycles. The Kier molecular flexibility index (Phi) is 6.14. The Labute approximate surface area is 187 Å². The molecular weight excluding hydrogens is 386 g/mol. The minimum atomic E-state index is -0.822. The van der Waals surface area contributed by atoms with E-state index in [1.165, 1.54) is 70.6 Å². The van der Waals surface area contributed by atoms with Crippen LogP contribution in [0.2, 0.25) is 0 Å². The van der Waals surface area contributed by atoms with Crippen LogP contribution in [0.4, 0.5) is 11.4 Å². The summed E-state index contributed by atoms with van der Waals surface area (Å²) in [5, 5.41) is 12.2. The number of aliphatic carboxylic acids is 1. The van der Waals surface area contributed by atoms with Gasteiger partial charge in [0.05, 0.1) is 11.4 Å². The molecule has 1 aromatic carbocycles. The Morgan fingerprint density at radius 1 is 0.968 bits per heavy atom. The monoisotopic (exact) mass is 425 g/mol. The maximum Gasteiger partial charge on any atom is 0.322 e. The van der Waals surface area contributed by atoms with Crippen molar-refractivity contribution in [1.29, 1.82) is 0 Å². The van der Waals surface area contributed by atoms with Crippen LogP contribution in [-0.4, -0.2) is 53.7 Å². The molecule has 4 bridgehead atoms. The SMILES string of the molecule is CN(c1ccccc1NCC(=O)O)[C@H]1C[C@H]2CCC[C@@H](C1)N2[C@H]1C[C@@H]2CCC[C@@H](C2)C1. The molecule has 0 amide bonds. The van der Waals surface area contributed by atoms with Crippen molar-refractivity contribution in [1.82, 2.24) is 4.90 Å². The Morgan fingerprint density at radius 2 is 1.61 bits per heavy atom. The van der Waals surface area contributed by atoms with E-state index in [9.17, 15) is 4.79 Å². The van der Waals surface area contributed by atoms with E-state index in [0.29, 0.717) is 6.04 Å². The summed E-state index contributed by atoms with van der Waals surface area (Å²) in [6.07, 6.45) is 15.4. The first kappa shape index (κ1) is 21.1. The van der Waals surface area contributed by atoms with Gasteiger partial charge in [-0.15, -0.1) is 0 Å². The van der Waals surface area contributed by atoms with Crippen LogP contribution in [0.1, 0.15) is 70.6 Å². The van der Waals surface area contributed by atoms with Gasteiger partial charge in [-0.1, -0.05) is 37.8 Å². The number of nitrogens with zero attached hydrogens (tertiary/aromatic N) is 2. The van der Waals surface area contributed by atoms with Crippen molar-refractivity contribution >= 4 is 17.3 Å². The molecule has 2 heterocycles. The van der Waals surface area contributed by atoms with Crippen LogP contribution in [-0.2, 0) is 4.79 Å². The lowest BCUT2D eigenvalue weighted by atomic mass is 9.68. The molecule has 4 aliphatic rings. The van der Waals surface area contributed by atoms with Gasteiger partial charge in [-0.05, 0) is 68.9 Å². The van der Waals surface area contributed by atoms with Gasteiger partial charge in [-0.2, -0.15) is 0 Å². The van der Waals surface area contributed by atoms with Crippen molar-refractivity contribution in [2.75, 3.05) is 23.8 Å². The van der Waals surface area contributed by atoms with Gasteiger partial charge in [0.1, 0.15) is 6.54 Å². The van der Waals surface area contributed by atoms with Crippen molar-refractivity contribution < 1.29 is 9.90 Å². The number of benzene rings is 1. The average molecular weight is 426 g/mol. The van der Waals surface area contributed by atoms with Gasteiger partial charge in [0.15, 0.2) is 0 Å². The van der Waals surface area contributed by atoms with E-state index in [2.05, 4.69) is 34.3 Å². The van der Waals surface area contributed by atoms with Gasteiger partial charge in [-0.25, -0.2) is 0 Å². The lowest BCUT2D eigenvalue weighted by Gasteiger charge is -2.56. The topological polar surface area (TPSA) is 55.8 Å². The van der Waals surface area contributed by atoms with Gasteiger partial charge < -0.3 is 15.3 Å². The summed E-state index contributed by atoms with van der Waals surface area (Å²) in [7, 11) is 2.21. The van der Waals surface area contributed by atoms with Crippen LogP contribution < -0.4 is 10.2 Å². The number of piperidine rings is 2. The lowest BCUT2D eigenvalue weighted by Crippen LogP contribution is -2.61. The molecule has 5 rings (SSSR count). The third-order valence-electron chi connectivity index (χ3n) is 8.79. The fraction of sp³-hybridized carbons (Fsp3) is 0.731. The highest BCUT2D eigenvalue weighted by molar-refractivity contribution is 5.77. The number of carbonyl (C=O) groups is 1. The predicted molar refractivity (Wildman–Crippen MR) is 126 cm³/mol. The number of rotatable bonds is 6. The molecule has 170 valence electrons. The number of nitrogens with one attached hydrogen (secondary N) is 1. The minimum absolute atomic E-state index is 0.0431. The second-order valence-corrected chi connectivity index (χ2v) is 10.7. The van der Waals surface area contributed by atoms with Crippen LogP contribution in [0.3, 0.4) is 0 Å². The summed E-state index contributed by atoms with van der Waals surface area (Å²) in [5.74, 6) is 1.16. The number of hydrogen-bond acceptors (Lipinski definition) is 4. The van der Waals surface area contributed by atoms with Crippen molar-refractivity contribution in [2.45, 2.75) is 94.8 Å². The van der Waals surface area contributed by atoms with Gasteiger partial charge in [0.25, 0.3) is 0 Å². The zero-order chi connectivity index (χ0) is 21.4. The minimum Gasteiger partial charge on any atom is -0.480 e. The molecule has 0 aromatic heterocycles. The van der Waals surface area contributed by atoms with Crippen LogP contribution in [0.5, 0.6) is 0 Å². The Morgan fingerprint density at radius 3 is 2.29 bits per heavy atom. The number of carboxylic acids is 1. The molecule has 0 unspecified atom stereocenters. The summed E-state index contributed by atoms with van der Waals surface area (Å²) in [4.78, 5) is 16.5. The molecule has 2 N–H and O–H groups in total. The summed E-state index contributed by atoms with van der Waals surface area (Å²) < 4.78 is 0. The molecule has 2 saturated heterocycles. The number of carboxylic acid groups (broad SMARTS) is 1. The quantitative estimate of drug-likeness (QED) is 0.674. The van der Waals surface area contributed by atoms with Crippen LogP contribution in [0.25, 0.3) is 0 Å². The number of hydrogen-bond donors (Lipinski definition) is 2. The Balaban J connectivity index is 1.30. The molecule has 2 aliphatic carbocycles. The zero-order valence-electron chi connectivity index (χ0n) is 19.0. The average Bonchev–Trinajstić information content (AvgIpc) is 2.76. The zero-order valence-corrected chi connectivity index (χ0v) is 19.0. The van der Waals surface area contributed by atoms with E-state index >= 15 is 0 Å². The first-order valence-electron chi connectivity index (χ1n) is 12.6. The van der Waals surface area contributed by atoms with Crippen LogP contribution >= 0.6 is 0 Å². The molecule has 6 atom stereocenters. The predicted octanol–water partition coefficient (Wildman–Crippen LogP) is 4.97. The second-order valence-electron chi connectivity index (χ2n) is 10.7. The van der Waals surface area contributed by atoms with E-state index in [0.717, 1.165) is 41.3 Å². The van der Waals surface area contributed by atoms with E-state index in [1.807, 2.05) is 12.1 Å². The van der Waals surface area contributed by atoms with Crippen molar-refractivity contribution in [2.24, 2.45) is 11.8 Å². The van der Waals surface area contributed by atoms with Crippen LogP contribution in [0.15, 0.2) is 24.3 Å². The van der Waals surface area contributed by atoms with Crippen molar-refractivity contribution in [3.8, 4) is 0 Å². The number of fused-ring (bicyclic) bond motifs is 4. The molecule has 4 fully saturated rings. The highest BCUT2D eigenvalue weighted by Gasteiger charge is 2.45. The van der Waals surface area contributed by atoms with Crippen molar-refractivity contribution in [3.05, 3.63) is 24.3 Å². The maximum absolute atomic E-state index is 11.1. The molecule has 0 radical (unpaired) electrons. The maximum atomic E-state index is 11.1. The van der Waals surface area contributed by atoms with Gasteiger partial charge in [0.2, 0.25) is 0 Å². The molecule has 2 aliphatic heterocycles. The molecule has 31 heavy (non-hydrogen) atoms. The first-order chi connectivity index (χ1) is 15.1. The molecule has 5 heteroatoms. The third-order valence-corrected chi connectivity index (χ3v) is 8.79. The fourth-order valence-corrected chi connectivity index (χ4v) is 7.54. The second kappa shape index (κ2) is 9.01. The van der Waals surface area contributed by atoms with Gasteiger partial charge in [-0.3, -0.25) is 9.69 Å². The van der Waals surface area contributed by atoms with E-state index in [1.54, 1.807) is 0 Å². The van der Waals surface area contributed by atoms with E-state index in [4.69, 9.17) is 5.11 Å². The molecular formula is C26H39N3O2. The van der Waals surface area contributed by atoms with Gasteiger partial charge in [0, 0.05) is 31.2 Å². The van der Waals surface area contributed by atoms with Crippen molar-refractivity contribution in [3.63, 3.8) is 0 Å². The largest absolute Gasteiger partial charge is 0.480 e. The first-order valence-corrected chi connectivity index (χ1v) is 12.6. The number of para-hydroxylation sites is 2. The lowest BCUT2D eigenvalue weighted by molar-refractivity contribution is -0.134. The van der Waals surface area contributed by atoms with E-state index < -0.39 is 5.97 Å². The summed E-state index contributed by atoms with van der Waals surface area (Å²) in [5.41, 5.74) is 2.06. The number of anilines is 2. The Hall–Kier alpha value is -1.75. The summed E-state index contributed by atoms with van der Waals surface area (Å²) in [6.45, 7) is -0.0431. The normalized spacial score (nSPS) is 35.4. The fourth-order valence-electron chi connectivity index (χ4n) is 7.54. The van der Waals surface area contributed by atoms with Crippen LogP contribution in [0, 0.1) is 11.8 Å². The molecule has 0 spiro atoms. The van der Waals surface area contributed by atoms with Gasteiger partial charge >= 0.3 is 5.97 Å². The summed E-state index contributed by atoms with van der Waals surface area (Å²) in [6, 6.07) is 11.0. The molecule has 5 nitrogen and oxygen atoms in total. The standard InChI is InChI=1S/C26H39N3O2/c1-28(25-11-3-2-10-24(25)27-17-26(30)31)22-15-20-8-5-9-21(16-22)29(20)23-13-18-6-4-7-19(12-18)14-23/h2-3,10-11,18-23,27H,4-9,12-17H2,1H3,(H,30,31)/t18-,19+,20-,21+,22+,23+. The Bertz CT molecular complexity index is 758. The molecule has 1 aromatic rings. The van der Waals surface area contributed by atoms with E-state index in [-0.39, 0.29) is 6.54 Å².